The van der Waals surface area contributed by atoms with Gasteiger partial charge in [-0.1, -0.05) is 12.1 Å². The lowest BCUT2D eigenvalue weighted by Gasteiger charge is -2.13. The number of ether oxygens (including phenoxy) is 2. The van der Waals surface area contributed by atoms with Crippen molar-refractivity contribution in [1.82, 2.24) is 4.57 Å². The summed E-state index contributed by atoms with van der Waals surface area (Å²) < 4.78 is 41.1. The Kier molecular flexibility index (Phi) is 3.46. The van der Waals surface area contributed by atoms with Crippen molar-refractivity contribution in [2.24, 2.45) is 0 Å². The van der Waals surface area contributed by atoms with Gasteiger partial charge in [0.05, 0.1) is 5.52 Å². The first-order valence-corrected chi connectivity index (χ1v) is 7.65. The van der Waals surface area contributed by atoms with Crippen molar-refractivity contribution in [2.45, 2.75) is 19.3 Å². The van der Waals surface area contributed by atoms with E-state index in [2.05, 4.69) is 14.8 Å². The van der Waals surface area contributed by atoms with E-state index in [1.165, 1.54) is 29.7 Å². The van der Waals surface area contributed by atoms with Crippen molar-refractivity contribution in [2.75, 3.05) is 5.32 Å². The maximum atomic E-state index is 13.1. The third kappa shape index (κ3) is 2.67. The molecule has 3 aromatic rings. The molecule has 26 heavy (non-hydrogen) atoms. The van der Waals surface area contributed by atoms with Crippen LogP contribution >= 0.6 is 0 Å². The maximum absolute atomic E-state index is 13.1. The fraction of sp³-hybridized carbons (Fsp3) is 0.176. The van der Waals surface area contributed by atoms with E-state index < -0.39 is 24.0 Å². The minimum Gasteiger partial charge on any atom is -0.408 e. The van der Waals surface area contributed by atoms with E-state index in [-0.39, 0.29) is 17.2 Å². The van der Waals surface area contributed by atoms with Gasteiger partial charge in [0.2, 0.25) is 5.91 Å². The number of alkyl halides is 2. The Hall–Kier alpha value is -3.36. The number of aromatic nitrogens is 1. The summed E-state index contributed by atoms with van der Waals surface area (Å²) in [7, 11) is 0. The standard InChI is InChI=1S/C17H12F2N2O5/c1-9(21-11-4-2-3-5-12(11)24-16(21)23)15(22)20-10-6-7-13-14(8-10)26-17(18,19)25-13/h2-9H,1H3,(H,20,22). The number of anilines is 1. The van der Waals surface area contributed by atoms with Gasteiger partial charge in [0.15, 0.2) is 17.1 Å². The SMILES string of the molecule is CC(C(=O)Nc1ccc2c(c1)OC(F)(F)O2)n1c(=O)oc2ccccc21. The molecule has 1 amide bonds. The van der Waals surface area contributed by atoms with Crippen molar-refractivity contribution in [1.29, 1.82) is 0 Å². The summed E-state index contributed by atoms with van der Waals surface area (Å²) in [6.45, 7) is 1.53. The van der Waals surface area contributed by atoms with Gasteiger partial charge in [-0.3, -0.25) is 9.36 Å². The quantitative estimate of drug-likeness (QED) is 0.774. The second-order valence-electron chi connectivity index (χ2n) is 5.70. The van der Waals surface area contributed by atoms with Crippen LogP contribution in [0.4, 0.5) is 14.5 Å². The fourth-order valence-electron chi connectivity index (χ4n) is 2.74. The van der Waals surface area contributed by atoms with E-state index >= 15 is 0 Å². The number of rotatable bonds is 3. The van der Waals surface area contributed by atoms with Crippen LogP contribution in [0.25, 0.3) is 11.1 Å². The minimum atomic E-state index is -3.73. The molecule has 1 atom stereocenters. The largest absolute Gasteiger partial charge is 0.586 e. The van der Waals surface area contributed by atoms with Gasteiger partial charge in [-0.25, -0.2) is 4.79 Å². The number of amides is 1. The molecule has 9 heteroatoms. The van der Waals surface area contributed by atoms with Crippen molar-refractivity contribution in [3.05, 3.63) is 53.0 Å². The molecule has 1 aromatic heterocycles. The number of carbonyl (C=O) groups excluding carboxylic acids is 1. The molecule has 1 aliphatic rings. The van der Waals surface area contributed by atoms with Gasteiger partial charge in [-0.2, -0.15) is 0 Å². The lowest BCUT2D eigenvalue weighted by atomic mass is 10.2. The zero-order chi connectivity index (χ0) is 18.5. The normalized spacial score (nSPS) is 15.8. The van der Waals surface area contributed by atoms with Gasteiger partial charge in [0, 0.05) is 11.8 Å². The van der Waals surface area contributed by atoms with E-state index in [1.807, 2.05) is 0 Å². The fourth-order valence-corrected chi connectivity index (χ4v) is 2.74. The van der Waals surface area contributed by atoms with E-state index in [0.717, 1.165) is 0 Å². The van der Waals surface area contributed by atoms with Gasteiger partial charge in [0.1, 0.15) is 6.04 Å². The number of halogens is 2. The van der Waals surface area contributed by atoms with Crippen molar-refractivity contribution >= 4 is 22.7 Å². The summed E-state index contributed by atoms with van der Waals surface area (Å²) in [5.74, 6) is -1.51. The number of hydrogen-bond donors (Lipinski definition) is 1. The van der Waals surface area contributed by atoms with Crippen molar-refractivity contribution in [3.63, 3.8) is 0 Å². The molecule has 1 unspecified atom stereocenters. The molecule has 2 aromatic carbocycles. The first-order valence-electron chi connectivity index (χ1n) is 7.65. The highest BCUT2D eigenvalue weighted by Gasteiger charge is 2.43. The minimum absolute atomic E-state index is 0.127. The summed E-state index contributed by atoms with van der Waals surface area (Å²) in [5, 5.41) is 2.56. The average Bonchev–Trinajstić information content (AvgIpc) is 3.07. The monoisotopic (exact) mass is 362 g/mol. The first-order chi connectivity index (χ1) is 12.3. The summed E-state index contributed by atoms with van der Waals surface area (Å²) in [4.78, 5) is 24.6. The Morgan fingerprint density at radius 3 is 2.69 bits per heavy atom. The van der Waals surface area contributed by atoms with Gasteiger partial charge in [-0.15, -0.1) is 8.78 Å². The summed E-state index contributed by atoms with van der Waals surface area (Å²) in [6.07, 6.45) is -3.73. The Balaban J connectivity index is 1.59. The molecular formula is C17H12F2N2O5. The van der Waals surface area contributed by atoms with Crippen LogP contribution < -0.4 is 20.5 Å². The Labute approximate surface area is 144 Å². The van der Waals surface area contributed by atoms with Crippen LogP contribution in [0.1, 0.15) is 13.0 Å². The first kappa shape index (κ1) is 16.1. The second-order valence-corrected chi connectivity index (χ2v) is 5.70. The molecule has 0 saturated carbocycles. The van der Waals surface area contributed by atoms with Gasteiger partial charge in [0.25, 0.3) is 0 Å². The highest BCUT2D eigenvalue weighted by Crippen LogP contribution is 2.42. The molecule has 0 spiro atoms. The molecule has 4 rings (SSSR count). The van der Waals surface area contributed by atoms with Crippen LogP contribution in [0.3, 0.4) is 0 Å². The molecule has 2 heterocycles. The molecule has 0 radical (unpaired) electrons. The lowest BCUT2D eigenvalue weighted by molar-refractivity contribution is -0.286. The zero-order valence-electron chi connectivity index (χ0n) is 13.4. The number of nitrogens with one attached hydrogen (secondary N) is 1. The highest BCUT2D eigenvalue weighted by atomic mass is 19.3. The molecule has 0 fully saturated rings. The van der Waals surface area contributed by atoms with E-state index in [0.29, 0.717) is 11.1 Å². The van der Waals surface area contributed by atoms with Gasteiger partial charge >= 0.3 is 12.1 Å². The molecule has 7 nitrogen and oxygen atoms in total. The van der Waals surface area contributed by atoms with E-state index in [1.54, 1.807) is 24.3 Å². The number of oxazole rings is 1. The van der Waals surface area contributed by atoms with E-state index in [9.17, 15) is 18.4 Å². The molecule has 0 bridgehead atoms. The molecule has 134 valence electrons. The maximum Gasteiger partial charge on any atom is 0.586 e. The van der Waals surface area contributed by atoms with Crippen molar-refractivity contribution < 1.29 is 27.5 Å². The Bertz CT molecular complexity index is 1070. The number of hydrogen-bond acceptors (Lipinski definition) is 5. The predicted octanol–water partition coefficient (Wildman–Crippen LogP) is 3.12. The second kappa shape index (κ2) is 5.58. The molecule has 1 aliphatic heterocycles. The number of nitrogens with zero attached hydrogens (tertiary/aromatic N) is 1. The average molecular weight is 362 g/mol. The van der Waals surface area contributed by atoms with Crippen LogP contribution in [0.5, 0.6) is 11.5 Å². The van der Waals surface area contributed by atoms with Crippen LogP contribution in [-0.4, -0.2) is 16.8 Å². The van der Waals surface area contributed by atoms with Gasteiger partial charge in [-0.05, 0) is 31.2 Å². The van der Waals surface area contributed by atoms with E-state index in [4.69, 9.17) is 4.42 Å². The predicted molar refractivity (Wildman–Crippen MR) is 86.5 cm³/mol. The number of para-hydroxylation sites is 2. The van der Waals surface area contributed by atoms with Crippen LogP contribution in [-0.2, 0) is 4.79 Å². The lowest BCUT2D eigenvalue weighted by Crippen LogP contribution is -2.29. The van der Waals surface area contributed by atoms with Crippen LogP contribution in [0, 0.1) is 0 Å². The zero-order valence-corrected chi connectivity index (χ0v) is 13.4. The third-order valence-electron chi connectivity index (χ3n) is 3.95. The molecule has 1 N–H and O–H groups in total. The van der Waals surface area contributed by atoms with Crippen molar-refractivity contribution in [3.8, 4) is 11.5 Å². The summed E-state index contributed by atoms with van der Waals surface area (Å²) >= 11 is 0. The molecular weight excluding hydrogens is 350 g/mol. The van der Waals surface area contributed by atoms with Crippen LogP contribution in [0.2, 0.25) is 0 Å². The summed E-state index contributed by atoms with van der Waals surface area (Å²) in [6, 6.07) is 9.69. The molecule has 0 aliphatic carbocycles. The molecule has 0 saturated heterocycles. The number of fused-ring (bicyclic) bond motifs is 2. The Morgan fingerprint density at radius 2 is 1.88 bits per heavy atom. The smallest absolute Gasteiger partial charge is 0.408 e. The number of carbonyl (C=O) groups is 1. The third-order valence-corrected chi connectivity index (χ3v) is 3.95. The van der Waals surface area contributed by atoms with Gasteiger partial charge < -0.3 is 19.2 Å². The van der Waals surface area contributed by atoms with Crippen LogP contribution in [0.15, 0.2) is 51.7 Å². The topological polar surface area (TPSA) is 82.7 Å². The number of benzene rings is 2. The summed E-state index contributed by atoms with van der Waals surface area (Å²) in [5.41, 5.74) is 1.07. The Morgan fingerprint density at radius 1 is 1.15 bits per heavy atom. The highest BCUT2D eigenvalue weighted by molar-refractivity contribution is 5.94.